The Bertz CT molecular complexity index is 534. The van der Waals surface area contributed by atoms with Crippen LogP contribution in [0, 0.1) is 10.8 Å². The minimum Gasteiger partial charge on any atom is -0.379 e. The second-order valence-corrected chi connectivity index (χ2v) is 8.85. The molecule has 1 aliphatic rings. The van der Waals surface area contributed by atoms with E-state index in [0.717, 1.165) is 12.2 Å². The zero-order chi connectivity index (χ0) is 17.4. The van der Waals surface area contributed by atoms with Gasteiger partial charge in [-0.3, -0.25) is 10.8 Å². The Morgan fingerprint density at radius 2 is 1.58 bits per heavy atom. The fourth-order valence-corrected chi connectivity index (χ4v) is 4.82. The molecule has 1 aliphatic carbocycles. The lowest BCUT2D eigenvalue weighted by Crippen LogP contribution is -2.15. The highest BCUT2D eigenvalue weighted by Gasteiger charge is 2.19. The third-order valence-corrected chi connectivity index (χ3v) is 6.33. The summed E-state index contributed by atoms with van der Waals surface area (Å²) < 4.78 is 0. The van der Waals surface area contributed by atoms with E-state index in [2.05, 4.69) is 24.3 Å². The van der Waals surface area contributed by atoms with Gasteiger partial charge in [-0.1, -0.05) is 60.6 Å². The molecule has 6 N–H and O–H groups in total. The number of nitrogens with two attached hydrogens (primary N) is 2. The second kappa shape index (κ2) is 9.99. The zero-order valence-corrected chi connectivity index (χ0v) is 15.7. The molecule has 1 fully saturated rings. The topological polar surface area (TPSA) is 99.7 Å². The summed E-state index contributed by atoms with van der Waals surface area (Å²) in [6, 6.07) is 9.01. The molecule has 132 valence electrons. The van der Waals surface area contributed by atoms with Gasteiger partial charge in [-0.2, -0.15) is 0 Å². The molecule has 1 saturated carbocycles. The third kappa shape index (κ3) is 6.77. The molecule has 0 saturated heterocycles. The van der Waals surface area contributed by atoms with Crippen LogP contribution in [0.3, 0.4) is 0 Å². The van der Waals surface area contributed by atoms with Crippen molar-refractivity contribution in [3.8, 4) is 0 Å². The highest BCUT2D eigenvalue weighted by atomic mass is 32.2. The molecule has 0 spiro atoms. The van der Waals surface area contributed by atoms with Crippen molar-refractivity contribution in [2.45, 2.75) is 56.1 Å². The molecular weight excluding hydrogens is 336 g/mol. The second-order valence-electron chi connectivity index (χ2n) is 6.37. The van der Waals surface area contributed by atoms with Crippen molar-refractivity contribution in [2.75, 3.05) is 5.75 Å². The Hall–Kier alpha value is -1.14. The Morgan fingerprint density at radius 3 is 2.12 bits per heavy atom. The molecule has 1 aromatic carbocycles. The van der Waals surface area contributed by atoms with E-state index in [1.165, 1.54) is 61.4 Å². The maximum Gasteiger partial charge on any atom is 0.151 e. The number of hydrogen-bond donors (Lipinski definition) is 4. The monoisotopic (exact) mass is 364 g/mol. The van der Waals surface area contributed by atoms with Gasteiger partial charge < -0.3 is 11.5 Å². The molecule has 0 radical (unpaired) electrons. The summed E-state index contributed by atoms with van der Waals surface area (Å²) in [7, 11) is 0. The normalized spacial score (nSPS) is 21.7. The van der Waals surface area contributed by atoms with Crippen LogP contribution in [0.25, 0.3) is 0 Å². The Balaban J connectivity index is 1.83. The van der Waals surface area contributed by atoms with Crippen molar-refractivity contribution < 1.29 is 0 Å². The first kappa shape index (κ1) is 19.2. The van der Waals surface area contributed by atoms with Gasteiger partial charge in [-0.15, -0.1) is 0 Å². The van der Waals surface area contributed by atoms with Crippen LogP contribution in [-0.2, 0) is 6.42 Å². The standard InChI is InChI=1S/C18H28N4S2/c19-17(20)23-12-11-13-7-9-15(10-8-13)14-3-1-5-16(6-2-4-14)24-18(21)22/h7-10,14,16H,1-6,11-12H2,(H3,19,20)(H3,21,22). The van der Waals surface area contributed by atoms with E-state index in [9.17, 15) is 0 Å². The molecule has 0 heterocycles. The smallest absolute Gasteiger partial charge is 0.151 e. The average Bonchev–Trinajstić information content (AvgIpc) is 2.50. The molecule has 0 amide bonds. The van der Waals surface area contributed by atoms with Crippen LogP contribution in [0.4, 0.5) is 0 Å². The number of nitrogens with one attached hydrogen (secondary N) is 2. The minimum absolute atomic E-state index is 0.197. The molecule has 1 aromatic rings. The fourth-order valence-electron chi connectivity index (χ4n) is 3.34. The fraction of sp³-hybridized carbons (Fsp3) is 0.556. The zero-order valence-electron chi connectivity index (χ0n) is 14.1. The van der Waals surface area contributed by atoms with Gasteiger partial charge in [0, 0.05) is 11.0 Å². The number of aryl methyl sites for hydroxylation is 1. The van der Waals surface area contributed by atoms with Crippen molar-refractivity contribution in [3.63, 3.8) is 0 Å². The van der Waals surface area contributed by atoms with E-state index in [0.29, 0.717) is 11.2 Å². The molecule has 24 heavy (non-hydrogen) atoms. The van der Waals surface area contributed by atoms with Gasteiger partial charge in [-0.05, 0) is 49.1 Å². The quantitative estimate of drug-likeness (QED) is 0.462. The number of thioether (sulfide) groups is 2. The molecule has 0 aliphatic heterocycles. The summed E-state index contributed by atoms with van der Waals surface area (Å²) in [5, 5.41) is 15.7. The molecule has 4 nitrogen and oxygen atoms in total. The first-order chi connectivity index (χ1) is 11.5. The first-order valence-corrected chi connectivity index (χ1v) is 10.5. The van der Waals surface area contributed by atoms with Gasteiger partial charge >= 0.3 is 0 Å². The molecule has 2 rings (SSSR count). The maximum absolute atomic E-state index is 7.44. The number of amidine groups is 2. The first-order valence-electron chi connectivity index (χ1n) is 8.61. The van der Waals surface area contributed by atoms with Crippen LogP contribution in [0.1, 0.15) is 55.6 Å². The summed E-state index contributed by atoms with van der Waals surface area (Å²) in [6.45, 7) is 0. The highest BCUT2D eigenvalue weighted by Crippen LogP contribution is 2.34. The van der Waals surface area contributed by atoms with E-state index < -0.39 is 0 Å². The van der Waals surface area contributed by atoms with Crippen molar-refractivity contribution in [3.05, 3.63) is 35.4 Å². The van der Waals surface area contributed by atoms with Crippen LogP contribution in [-0.4, -0.2) is 21.3 Å². The largest absolute Gasteiger partial charge is 0.379 e. The predicted molar refractivity (Wildman–Crippen MR) is 108 cm³/mol. The lowest BCUT2D eigenvalue weighted by atomic mass is 9.85. The number of hydrogen-bond acceptors (Lipinski definition) is 4. The lowest BCUT2D eigenvalue weighted by Gasteiger charge is -2.24. The SMILES string of the molecule is N=C(N)SCCc1ccc(C2CCCC(SC(=N)N)CCC2)cc1. The van der Waals surface area contributed by atoms with E-state index in [1.54, 1.807) is 11.8 Å². The Morgan fingerprint density at radius 1 is 0.958 bits per heavy atom. The van der Waals surface area contributed by atoms with Crippen molar-refractivity contribution >= 4 is 33.9 Å². The molecular formula is C18H28N4S2. The lowest BCUT2D eigenvalue weighted by molar-refractivity contribution is 0.463. The summed E-state index contributed by atoms with van der Waals surface area (Å²) >= 11 is 2.94. The van der Waals surface area contributed by atoms with Crippen LogP contribution >= 0.6 is 23.5 Å². The Kier molecular flexibility index (Phi) is 7.99. The van der Waals surface area contributed by atoms with Gasteiger partial charge in [0.05, 0.1) is 0 Å². The van der Waals surface area contributed by atoms with E-state index in [1.807, 2.05) is 0 Å². The number of rotatable bonds is 5. The van der Waals surface area contributed by atoms with Gasteiger partial charge in [0.15, 0.2) is 10.3 Å². The van der Waals surface area contributed by atoms with E-state index >= 15 is 0 Å². The molecule has 0 bridgehead atoms. The Labute approximate surface area is 153 Å². The summed E-state index contributed by atoms with van der Waals surface area (Å²) in [4.78, 5) is 0. The number of benzene rings is 1. The molecule has 0 atom stereocenters. The van der Waals surface area contributed by atoms with Gasteiger partial charge in [0.1, 0.15) is 0 Å². The average molecular weight is 365 g/mol. The van der Waals surface area contributed by atoms with Gasteiger partial charge in [0.25, 0.3) is 0 Å². The van der Waals surface area contributed by atoms with Crippen LogP contribution < -0.4 is 11.5 Å². The van der Waals surface area contributed by atoms with Crippen LogP contribution in [0.15, 0.2) is 24.3 Å². The third-order valence-electron chi connectivity index (χ3n) is 4.55. The molecule has 0 aromatic heterocycles. The minimum atomic E-state index is 0.197. The van der Waals surface area contributed by atoms with Gasteiger partial charge in [0.2, 0.25) is 0 Å². The van der Waals surface area contributed by atoms with E-state index in [4.69, 9.17) is 22.3 Å². The van der Waals surface area contributed by atoms with Crippen molar-refractivity contribution in [1.29, 1.82) is 10.8 Å². The molecule has 6 heteroatoms. The van der Waals surface area contributed by atoms with Crippen LogP contribution in [0.2, 0.25) is 0 Å². The van der Waals surface area contributed by atoms with E-state index in [-0.39, 0.29) is 10.3 Å². The molecule has 0 unspecified atom stereocenters. The van der Waals surface area contributed by atoms with Gasteiger partial charge in [-0.25, -0.2) is 0 Å². The van der Waals surface area contributed by atoms with Crippen molar-refractivity contribution in [1.82, 2.24) is 0 Å². The summed E-state index contributed by atoms with van der Waals surface area (Å²) in [6.07, 6.45) is 8.18. The maximum atomic E-state index is 7.44. The summed E-state index contributed by atoms with van der Waals surface area (Å²) in [5.74, 6) is 1.53. The predicted octanol–water partition coefficient (Wildman–Crippen LogP) is 4.29. The summed E-state index contributed by atoms with van der Waals surface area (Å²) in [5.41, 5.74) is 13.7. The highest BCUT2D eigenvalue weighted by molar-refractivity contribution is 8.14. The van der Waals surface area contributed by atoms with Crippen molar-refractivity contribution in [2.24, 2.45) is 11.5 Å². The van der Waals surface area contributed by atoms with Crippen LogP contribution in [0.5, 0.6) is 0 Å².